The maximum Gasteiger partial charge on any atom is 0.331 e. The Hall–Kier alpha value is -2.20. The molecule has 0 aliphatic heterocycles. The molecule has 1 heterocycles. The summed E-state index contributed by atoms with van der Waals surface area (Å²) in [5.74, 6) is -0.655. The van der Waals surface area contributed by atoms with E-state index in [4.69, 9.17) is 4.74 Å². The molecule has 1 aromatic heterocycles. The minimum Gasteiger partial charge on any atom is -0.451 e. The van der Waals surface area contributed by atoms with Gasteiger partial charge in [0, 0.05) is 16.5 Å². The first-order valence-electron chi connectivity index (χ1n) is 7.72. The molecule has 3 rings (SSSR count). The zero-order valence-corrected chi connectivity index (χ0v) is 13.8. The minimum atomic E-state index is -0.782. The van der Waals surface area contributed by atoms with Crippen molar-refractivity contribution in [2.75, 3.05) is 0 Å². The standard InChI is InChI=1S/C19H18O3S/c1-13(22-18(20)10-9-17-6-3-11-23-17)19(21)16-8-7-14-4-2-5-15(14)12-16/h3,6-13H,2,4-5H2,1H3/b10-9+/t13-/m1/s1. The van der Waals surface area contributed by atoms with Crippen LogP contribution >= 0.6 is 11.3 Å². The highest BCUT2D eigenvalue weighted by Gasteiger charge is 2.20. The average molecular weight is 326 g/mol. The fraction of sp³-hybridized carbons (Fsp3) is 0.263. The molecule has 1 aromatic carbocycles. The number of rotatable bonds is 5. The molecule has 1 aliphatic rings. The molecule has 1 aliphatic carbocycles. The molecule has 2 aromatic rings. The van der Waals surface area contributed by atoms with Gasteiger partial charge in [0.2, 0.25) is 5.78 Å². The van der Waals surface area contributed by atoms with Crippen LogP contribution in [0.1, 0.15) is 39.7 Å². The van der Waals surface area contributed by atoms with Gasteiger partial charge in [-0.05, 0) is 60.9 Å². The summed E-state index contributed by atoms with van der Waals surface area (Å²) in [5.41, 5.74) is 3.19. The largest absolute Gasteiger partial charge is 0.451 e. The molecule has 0 N–H and O–H groups in total. The summed E-state index contributed by atoms with van der Waals surface area (Å²) in [6.45, 7) is 1.62. The highest BCUT2D eigenvalue weighted by molar-refractivity contribution is 7.10. The maximum atomic E-state index is 12.4. The van der Waals surface area contributed by atoms with Gasteiger partial charge in [-0.25, -0.2) is 4.79 Å². The molecular weight excluding hydrogens is 308 g/mol. The van der Waals surface area contributed by atoms with Crippen molar-refractivity contribution < 1.29 is 14.3 Å². The van der Waals surface area contributed by atoms with Crippen molar-refractivity contribution >= 4 is 29.2 Å². The number of benzene rings is 1. The summed E-state index contributed by atoms with van der Waals surface area (Å²) in [6.07, 6.45) is 5.52. The van der Waals surface area contributed by atoms with Gasteiger partial charge in [0.05, 0.1) is 0 Å². The molecule has 1 atom stereocenters. The molecule has 0 radical (unpaired) electrons. The number of fused-ring (bicyclic) bond motifs is 1. The van der Waals surface area contributed by atoms with Gasteiger partial charge in [-0.2, -0.15) is 0 Å². The number of ether oxygens (including phenoxy) is 1. The van der Waals surface area contributed by atoms with Crippen LogP contribution in [0.2, 0.25) is 0 Å². The second-order valence-corrected chi connectivity index (χ2v) is 6.61. The van der Waals surface area contributed by atoms with Gasteiger partial charge in [0.1, 0.15) is 0 Å². The van der Waals surface area contributed by atoms with E-state index in [1.807, 2.05) is 35.7 Å². The monoisotopic (exact) mass is 326 g/mol. The predicted octanol–water partition coefficient (Wildman–Crippen LogP) is 4.06. The van der Waals surface area contributed by atoms with Crippen molar-refractivity contribution in [1.29, 1.82) is 0 Å². The molecule has 0 fully saturated rings. The first-order valence-corrected chi connectivity index (χ1v) is 8.59. The van der Waals surface area contributed by atoms with E-state index in [9.17, 15) is 9.59 Å². The van der Waals surface area contributed by atoms with Crippen molar-refractivity contribution in [1.82, 2.24) is 0 Å². The Morgan fingerprint density at radius 2 is 2.04 bits per heavy atom. The fourth-order valence-corrected chi connectivity index (χ4v) is 3.38. The maximum absolute atomic E-state index is 12.4. The van der Waals surface area contributed by atoms with Crippen LogP contribution in [-0.2, 0) is 22.4 Å². The third kappa shape index (κ3) is 3.77. The zero-order valence-electron chi connectivity index (χ0n) is 13.0. The van der Waals surface area contributed by atoms with Crippen molar-refractivity contribution in [2.24, 2.45) is 0 Å². The molecule has 0 saturated carbocycles. The van der Waals surface area contributed by atoms with Crippen molar-refractivity contribution in [2.45, 2.75) is 32.3 Å². The number of hydrogen-bond acceptors (Lipinski definition) is 4. The SMILES string of the molecule is C[C@@H](OC(=O)/C=C/c1cccs1)C(=O)c1ccc2c(c1)CCC2. The third-order valence-electron chi connectivity index (χ3n) is 3.97. The van der Waals surface area contributed by atoms with Crippen LogP contribution in [0.4, 0.5) is 0 Å². The second-order valence-electron chi connectivity index (χ2n) is 5.63. The van der Waals surface area contributed by atoms with Crippen molar-refractivity contribution in [3.05, 3.63) is 63.4 Å². The van der Waals surface area contributed by atoms with Crippen LogP contribution in [0.5, 0.6) is 0 Å². The lowest BCUT2D eigenvalue weighted by Crippen LogP contribution is -2.23. The highest BCUT2D eigenvalue weighted by Crippen LogP contribution is 2.23. The molecule has 0 amide bonds. The van der Waals surface area contributed by atoms with E-state index in [1.54, 1.807) is 13.0 Å². The van der Waals surface area contributed by atoms with Crippen LogP contribution in [-0.4, -0.2) is 17.9 Å². The van der Waals surface area contributed by atoms with Crippen LogP contribution in [0.25, 0.3) is 6.08 Å². The predicted molar refractivity (Wildman–Crippen MR) is 91.7 cm³/mol. The quantitative estimate of drug-likeness (QED) is 0.473. The van der Waals surface area contributed by atoms with Gasteiger partial charge in [-0.3, -0.25) is 4.79 Å². The summed E-state index contributed by atoms with van der Waals surface area (Å²) >= 11 is 1.54. The smallest absolute Gasteiger partial charge is 0.331 e. The molecular formula is C19H18O3S. The lowest BCUT2D eigenvalue weighted by Gasteiger charge is -2.11. The van der Waals surface area contributed by atoms with E-state index < -0.39 is 12.1 Å². The van der Waals surface area contributed by atoms with E-state index in [0.717, 1.165) is 24.1 Å². The van der Waals surface area contributed by atoms with Gasteiger partial charge in [0.15, 0.2) is 6.10 Å². The summed E-state index contributed by atoms with van der Waals surface area (Å²) in [7, 11) is 0. The van der Waals surface area contributed by atoms with Gasteiger partial charge in [0.25, 0.3) is 0 Å². The molecule has 0 spiro atoms. The van der Waals surface area contributed by atoms with Gasteiger partial charge in [-0.15, -0.1) is 11.3 Å². The normalized spacial score (nSPS) is 14.7. The molecule has 3 nitrogen and oxygen atoms in total. The molecule has 0 unspecified atom stereocenters. The number of Topliss-reactive ketones (excluding diaryl/α,β-unsaturated/α-hetero) is 1. The molecule has 4 heteroatoms. The number of ketones is 1. The molecule has 0 bridgehead atoms. The van der Waals surface area contributed by atoms with Gasteiger partial charge in [-0.1, -0.05) is 18.2 Å². The minimum absolute atomic E-state index is 0.155. The first-order chi connectivity index (χ1) is 11.1. The lowest BCUT2D eigenvalue weighted by molar-refractivity contribution is -0.140. The fourth-order valence-electron chi connectivity index (χ4n) is 2.76. The number of hydrogen-bond donors (Lipinski definition) is 0. The number of thiophene rings is 1. The first kappa shape index (κ1) is 15.7. The third-order valence-corrected chi connectivity index (χ3v) is 4.81. The van der Waals surface area contributed by atoms with Crippen molar-refractivity contribution in [3.8, 4) is 0 Å². The van der Waals surface area contributed by atoms with Crippen LogP contribution < -0.4 is 0 Å². The average Bonchev–Trinajstić information content (AvgIpc) is 3.22. The Labute approximate surface area is 139 Å². The van der Waals surface area contributed by atoms with Crippen LogP contribution in [0, 0.1) is 0 Å². The number of aryl methyl sites for hydroxylation is 2. The van der Waals surface area contributed by atoms with E-state index in [0.29, 0.717) is 5.56 Å². The Morgan fingerprint density at radius 3 is 2.83 bits per heavy atom. The van der Waals surface area contributed by atoms with Gasteiger partial charge >= 0.3 is 5.97 Å². The Kier molecular flexibility index (Phi) is 4.72. The lowest BCUT2D eigenvalue weighted by atomic mass is 10.0. The van der Waals surface area contributed by atoms with E-state index in [1.165, 1.54) is 28.5 Å². The Balaban J connectivity index is 1.62. The number of carbonyl (C=O) groups excluding carboxylic acids is 2. The topological polar surface area (TPSA) is 43.4 Å². The zero-order chi connectivity index (χ0) is 16.2. The van der Waals surface area contributed by atoms with E-state index in [-0.39, 0.29) is 5.78 Å². The van der Waals surface area contributed by atoms with E-state index in [2.05, 4.69) is 0 Å². The molecule has 0 saturated heterocycles. The highest BCUT2D eigenvalue weighted by atomic mass is 32.1. The summed E-state index contributed by atoms with van der Waals surface area (Å²) in [6, 6.07) is 9.61. The number of esters is 1. The van der Waals surface area contributed by atoms with E-state index >= 15 is 0 Å². The number of carbonyl (C=O) groups is 2. The van der Waals surface area contributed by atoms with Crippen LogP contribution in [0.3, 0.4) is 0 Å². The van der Waals surface area contributed by atoms with Gasteiger partial charge < -0.3 is 4.74 Å². The Morgan fingerprint density at radius 1 is 1.22 bits per heavy atom. The second kappa shape index (κ2) is 6.92. The van der Waals surface area contributed by atoms with Crippen molar-refractivity contribution in [3.63, 3.8) is 0 Å². The summed E-state index contributed by atoms with van der Waals surface area (Å²) in [5, 5.41) is 1.94. The summed E-state index contributed by atoms with van der Waals surface area (Å²) in [4.78, 5) is 25.2. The summed E-state index contributed by atoms with van der Waals surface area (Å²) < 4.78 is 5.21. The Bertz CT molecular complexity index is 744. The van der Waals surface area contributed by atoms with Crippen LogP contribution in [0.15, 0.2) is 41.8 Å². The molecule has 23 heavy (non-hydrogen) atoms. The molecule has 118 valence electrons.